The van der Waals surface area contributed by atoms with Gasteiger partial charge in [-0.2, -0.15) is 0 Å². The highest BCUT2D eigenvalue weighted by molar-refractivity contribution is 7.91. The minimum atomic E-state index is -2.95. The van der Waals surface area contributed by atoms with Crippen molar-refractivity contribution in [2.75, 3.05) is 31.1 Å². The van der Waals surface area contributed by atoms with Gasteiger partial charge in [-0.3, -0.25) is 4.90 Å². The van der Waals surface area contributed by atoms with Crippen LogP contribution in [0, 0.1) is 11.8 Å². The van der Waals surface area contributed by atoms with E-state index in [4.69, 9.17) is 5.73 Å². The van der Waals surface area contributed by atoms with Gasteiger partial charge in [0.15, 0.2) is 9.84 Å². The average molecular weight is 319 g/mol. The van der Waals surface area contributed by atoms with Crippen LogP contribution < -0.4 is 5.73 Å². The van der Waals surface area contributed by atoms with E-state index < -0.39 is 9.84 Å². The molecule has 1 unspecified atom stereocenters. The van der Waals surface area contributed by atoms with Crippen LogP contribution in [0.25, 0.3) is 0 Å². The Bertz CT molecular complexity index is 395. The molecule has 0 aliphatic carbocycles. The number of hydrogen-bond donors (Lipinski definition) is 1. The Balaban J connectivity index is 2.89. The molecule has 4 nitrogen and oxygen atoms in total. The van der Waals surface area contributed by atoms with Crippen LogP contribution in [0.3, 0.4) is 0 Å². The summed E-state index contributed by atoms with van der Waals surface area (Å²) in [6, 6.07) is 0. The Morgan fingerprint density at radius 2 is 1.62 bits per heavy atom. The zero-order valence-electron chi connectivity index (χ0n) is 14.3. The van der Waals surface area contributed by atoms with Crippen molar-refractivity contribution in [3.05, 3.63) is 0 Å². The summed E-state index contributed by atoms with van der Waals surface area (Å²) in [6.45, 7) is 11.2. The van der Waals surface area contributed by atoms with Crippen LogP contribution in [0.5, 0.6) is 0 Å². The Kier molecular flexibility index (Phi) is 7.14. The third-order valence-corrected chi connectivity index (χ3v) is 6.48. The number of rotatable bonds is 8. The molecule has 0 aromatic heterocycles. The molecule has 1 fully saturated rings. The molecule has 1 aliphatic heterocycles. The van der Waals surface area contributed by atoms with Gasteiger partial charge < -0.3 is 5.73 Å². The summed E-state index contributed by atoms with van der Waals surface area (Å²) in [5.74, 6) is 1.83. The van der Waals surface area contributed by atoms with Crippen molar-refractivity contribution in [1.82, 2.24) is 4.90 Å². The molecule has 0 aromatic rings. The average Bonchev–Trinajstić information content (AvgIpc) is 2.36. The zero-order valence-corrected chi connectivity index (χ0v) is 15.1. The lowest BCUT2D eigenvalue weighted by molar-refractivity contribution is 0.0883. The summed E-state index contributed by atoms with van der Waals surface area (Å²) in [4.78, 5) is 2.39. The van der Waals surface area contributed by atoms with Gasteiger partial charge in [-0.1, -0.05) is 27.7 Å². The highest BCUT2D eigenvalue weighted by Crippen LogP contribution is 2.29. The van der Waals surface area contributed by atoms with Crippen molar-refractivity contribution in [1.29, 1.82) is 0 Å². The molecule has 1 rings (SSSR count). The first-order valence-electron chi connectivity index (χ1n) is 8.36. The Morgan fingerprint density at radius 3 is 2.00 bits per heavy atom. The molecule has 1 saturated heterocycles. The van der Waals surface area contributed by atoms with Gasteiger partial charge >= 0.3 is 0 Å². The second kappa shape index (κ2) is 7.93. The molecule has 1 heterocycles. The smallest absolute Gasteiger partial charge is 0.152 e. The summed E-state index contributed by atoms with van der Waals surface area (Å²) >= 11 is 0. The van der Waals surface area contributed by atoms with Gasteiger partial charge in [0.25, 0.3) is 0 Å². The minimum absolute atomic E-state index is 0.243. The standard InChI is InChI=1S/C16H34N2O2S/c1-14(2)6-9-18(10-7-15(3)4)16(12-17)8-5-11-21(19,20)13-16/h14-15H,5-13,17H2,1-4H3. The van der Waals surface area contributed by atoms with E-state index in [-0.39, 0.29) is 11.3 Å². The number of nitrogens with two attached hydrogens (primary N) is 1. The molecule has 0 spiro atoms. The Hall–Kier alpha value is -0.130. The Labute approximate surface area is 131 Å². The lowest BCUT2D eigenvalue weighted by atomic mass is 9.91. The van der Waals surface area contributed by atoms with Gasteiger partial charge in [-0.25, -0.2) is 8.42 Å². The number of nitrogens with zero attached hydrogens (tertiary/aromatic N) is 1. The monoisotopic (exact) mass is 318 g/mol. The fraction of sp³-hybridized carbons (Fsp3) is 1.00. The predicted octanol–water partition coefficient (Wildman–Crippen LogP) is 2.29. The second-order valence-electron chi connectivity index (χ2n) is 7.48. The largest absolute Gasteiger partial charge is 0.329 e. The van der Waals surface area contributed by atoms with Gasteiger partial charge in [0.05, 0.1) is 11.5 Å². The van der Waals surface area contributed by atoms with Gasteiger partial charge in [-0.05, 0) is 50.6 Å². The third kappa shape index (κ3) is 5.87. The molecule has 1 atom stereocenters. The number of hydrogen-bond acceptors (Lipinski definition) is 4. The summed E-state index contributed by atoms with van der Waals surface area (Å²) in [7, 11) is -2.95. The lowest BCUT2D eigenvalue weighted by Crippen LogP contribution is -2.60. The summed E-state index contributed by atoms with van der Waals surface area (Å²) < 4.78 is 24.2. The maximum Gasteiger partial charge on any atom is 0.152 e. The zero-order chi connectivity index (χ0) is 16.1. The van der Waals surface area contributed by atoms with Crippen LogP contribution in [-0.2, 0) is 9.84 Å². The topological polar surface area (TPSA) is 63.4 Å². The van der Waals surface area contributed by atoms with Crippen molar-refractivity contribution in [3.8, 4) is 0 Å². The fourth-order valence-electron chi connectivity index (χ4n) is 3.13. The van der Waals surface area contributed by atoms with Gasteiger partial charge in [-0.15, -0.1) is 0 Å². The first-order chi connectivity index (χ1) is 9.71. The van der Waals surface area contributed by atoms with Crippen LogP contribution in [-0.4, -0.2) is 50.0 Å². The highest BCUT2D eigenvalue weighted by atomic mass is 32.2. The molecule has 5 heteroatoms. The summed E-state index contributed by atoms with van der Waals surface area (Å²) in [6.07, 6.45) is 3.86. The molecule has 0 radical (unpaired) electrons. The van der Waals surface area contributed by atoms with Crippen LogP contribution >= 0.6 is 0 Å². The molecule has 2 N–H and O–H groups in total. The van der Waals surface area contributed by atoms with Crippen molar-refractivity contribution in [2.24, 2.45) is 17.6 Å². The molecule has 0 bridgehead atoms. The Morgan fingerprint density at radius 1 is 1.10 bits per heavy atom. The van der Waals surface area contributed by atoms with Gasteiger partial charge in [0.2, 0.25) is 0 Å². The molecule has 0 aromatic carbocycles. The third-order valence-electron chi connectivity index (χ3n) is 4.59. The molecule has 1 aliphatic rings. The van der Waals surface area contributed by atoms with E-state index in [1.807, 2.05) is 0 Å². The van der Waals surface area contributed by atoms with Gasteiger partial charge in [0, 0.05) is 12.1 Å². The molecule has 21 heavy (non-hydrogen) atoms. The maximum atomic E-state index is 12.1. The summed E-state index contributed by atoms with van der Waals surface area (Å²) in [5.41, 5.74) is 5.73. The van der Waals surface area contributed by atoms with E-state index in [0.717, 1.165) is 38.8 Å². The van der Waals surface area contributed by atoms with E-state index in [0.29, 0.717) is 24.1 Å². The van der Waals surface area contributed by atoms with Crippen molar-refractivity contribution < 1.29 is 8.42 Å². The van der Waals surface area contributed by atoms with Crippen molar-refractivity contribution in [3.63, 3.8) is 0 Å². The fourth-order valence-corrected chi connectivity index (χ4v) is 5.12. The van der Waals surface area contributed by atoms with E-state index in [1.54, 1.807) is 0 Å². The van der Waals surface area contributed by atoms with Crippen LogP contribution in [0.4, 0.5) is 0 Å². The molecule has 0 amide bonds. The number of sulfone groups is 1. The predicted molar refractivity (Wildman–Crippen MR) is 90.2 cm³/mol. The first-order valence-corrected chi connectivity index (χ1v) is 10.2. The quantitative estimate of drug-likeness (QED) is 0.746. The highest BCUT2D eigenvalue weighted by Gasteiger charge is 2.42. The SMILES string of the molecule is CC(C)CCN(CCC(C)C)C1(CN)CCCS(=O)(=O)C1. The normalized spacial score (nSPS) is 25.9. The van der Waals surface area contributed by atoms with Crippen LogP contribution in [0.2, 0.25) is 0 Å². The molecular weight excluding hydrogens is 284 g/mol. The molecular formula is C16H34N2O2S. The lowest BCUT2D eigenvalue weighted by Gasteiger charge is -2.46. The minimum Gasteiger partial charge on any atom is -0.329 e. The second-order valence-corrected chi connectivity index (χ2v) is 9.66. The van der Waals surface area contributed by atoms with E-state index >= 15 is 0 Å². The van der Waals surface area contributed by atoms with E-state index in [2.05, 4.69) is 32.6 Å². The van der Waals surface area contributed by atoms with Gasteiger partial charge in [0.1, 0.15) is 0 Å². The van der Waals surface area contributed by atoms with Crippen LogP contribution in [0.1, 0.15) is 53.4 Å². The molecule has 126 valence electrons. The maximum absolute atomic E-state index is 12.1. The van der Waals surface area contributed by atoms with Crippen LogP contribution in [0.15, 0.2) is 0 Å². The van der Waals surface area contributed by atoms with Crippen molar-refractivity contribution in [2.45, 2.75) is 58.9 Å². The van der Waals surface area contributed by atoms with E-state index in [1.165, 1.54) is 0 Å². The summed E-state index contributed by atoms with van der Waals surface area (Å²) in [5, 5.41) is 0. The first kappa shape index (κ1) is 18.9. The molecule has 0 saturated carbocycles. The van der Waals surface area contributed by atoms with Crippen molar-refractivity contribution >= 4 is 9.84 Å². The van der Waals surface area contributed by atoms with E-state index in [9.17, 15) is 8.42 Å².